The SMILES string of the molecule is CN(C)C1(c2ccccc2)CCC2(CC1)CC(=O)N(CC1(O)CCC1)C2. The van der Waals surface area contributed by atoms with Crippen molar-refractivity contribution >= 4 is 5.91 Å². The van der Waals surface area contributed by atoms with Crippen LogP contribution in [0.5, 0.6) is 0 Å². The number of benzene rings is 1. The summed E-state index contributed by atoms with van der Waals surface area (Å²) in [6.45, 7) is 1.39. The highest BCUT2D eigenvalue weighted by Crippen LogP contribution is 2.52. The largest absolute Gasteiger partial charge is 0.388 e. The van der Waals surface area contributed by atoms with Gasteiger partial charge in [0.2, 0.25) is 5.91 Å². The third kappa shape index (κ3) is 2.97. The van der Waals surface area contributed by atoms with E-state index in [0.717, 1.165) is 51.5 Å². The van der Waals surface area contributed by atoms with Crippen LogP contribution in [0.15, 0.2) is 30.3 Å². The quantitative estimate of drug-likeness (QED) is 0.901. The molecular formula is C22H32N2O2. The van der Waals surface area contributed by atoms with Crippen LogP contribution in [-0.4, -0.2) is 53.6 Å². The number of carbonyl (C=O) groups excluding carboxylic acids is 1. The molecule has 1 heterocycles. The fraction of sp³-hybridized carbons (Fsp3) is 0.682. The zero-order valence-corrected chi connectivity index (χ0v) is 16.2. The summed E-state index contributed by atoms with van der Waals surface area (Å²) < 4.78 is 0. The molecule has 1 spiro atoms. The van der Waals surface area contributed by atoms with Crippen molar-refractivity contribution in [1.29, 1.82) is 0 Å². The number of aliphatic hydroxyl groups is 1. The van der Waals surface area contributed by atoms with Gasteiger partial charge in [-0.15, -0.1) is 0 Å². The lowest BCUT2D eigenvalue weighted by molar-refractivity contribution is -0.133. The highest BCUT2D eigenvalue weighted by molar-refractivity contribution is 5.79. The summed E-state index contributed by atoms with van der Waals surface area (Å²) in [6, 6.07) is 10.8. The number of hydrogen-bond donors (Lipinski definition) is 1. The maximum atomic E-state index is 12.6. The second-order valence-corrected chi connectivity index (χ2v) is 9.30. The van der Waals surface area contributed by atoms with Crippen molar-refractivity contribution in [3.8, 4) is 0 Å². The van der Waals surface area contributed by atoms with E-state index in [2.05, 4.69) is 49.3 Å². The van der Waals surface area contributed by atoms with Crippen LogP contribution < -0.4 is 0 Å². The third-order valence-corrected chi connectivity index (χ3v) is 7.48. The van der Waals surface area contributed by atoms with Crippen LogP contribution >= 0.6 is 0 Å². The third-order valence-electron chi connectivity index (χ3n) is 7.48. The lowest BCUT2D eigenvalue weighted by Gasteiger charge is -2.49. The van der Waals surface area contributed by atoms with Gasteiger partial charge in [-0.25, -0.2) is 0 Å². The number of hydrogen-bond acceptors (Lipinski definition) is 3. The van der Waals surface area contributed by atoms with Crippen molar-refractivity contribution in [1.82, 2.24) is 9.80 Å². The summed E-state index contributed by atoms with van der Waals surface area (Å²) >= 11 is 0. The van der Waals surface area contributed by atoms with Gasteiger partial charge in [-0.05, 0) is 70.0 Å². The first-order chi connectivity index (χ1) is 12.4. The van der Waals surface area contributed by atoms with E-state index in [1.54, 1.807) is 0 Å². The van der Waals surface area contributed by atoms with Gasteiger partial charge >= 0.3 is 0 Å². The number of nitrogens with zero attached hydrogens (tertiary/aromatic N) is 2. The summed E-state index contributed by atoms with van der Waals surface area (Å²) in [5, 5.41) is 10.5. The first-order valence-electron chi connectivity index (χ1n) is 10.1. The van der Waals surface area contributed by atoms with Crippen molar-refractivity contribution in [3.05, 3.63) is 35.9 Å². The van der Waals surface area contributed by atoms with Gasteiger partial charge in [0, 0.05) is 25.0 Å². The molecule has 0 aromatic heterocycles. The van der Waals surface area contributed by atoms with Gasteiger partial charge in [-0.3, -0.25) is 9.69 Å². The maximum absolute atomic E-state index is 12.6. The molecule has 2 aliphatic carbocycles. The minimum atomic E-state index is -0.604. The molecule has 1 aliphatic heterocycles. The molecule has 2 saturated carbocycles. The van der Waals surface area contributed by atoms with Crippen LogP contribution in [0.1, 0.15) is 56.9 Å². The molecule has 3 aliphatic rings. The van der Waals surface area contributed by atoms with Gasteiger partial charge in [-0.2, -0.15) is 0 Å². The molecule has 0 atom stereocenters. The lowest BCUT2D eigenvalue weighted by Crippen LogP contribution is -2.50. The molecule has 0 unspecified atom stereocenters. The number of likely N-dealkylation sites (tertiary alicyclic amines) is 1. The van der Waals surface area contributed by atoms with Crippen molar-refractivity contribution in [2.45, 2.75) is 62.5 Å². The van der Waals surface area contributed by atoms with Gasteiger partial charge in [0.15, 0.2) is 0 Å². The van der Waals surface area contributed by atoms with Gasteiger partial charge in [-0.1, -0.05) is 30.3 Å². The van der Waals surface area contributed by atoms with Crippen molar-refractivity contribution < 1.29 is 9.90 Å². The molecule has 1 aromatic rings. The first-order valence-corrected chi connectivity index (χ1v) is 10.1. The van der Waals surface area contributed by atoms with Crippen molar-refractivity contribution in [2.24, 2.45) is 5.41 Å². The lowest BCUT2D eigenvalue weighted by atomic mass is 9.64. The van der Waals surface area contributed by atoms with E-state index in [9.17, 15) is 9.90 Å². The summed E-state index contributed by atoms with van der Waals surface area (Å²) in [4.78, 5) is 17.0. The highest BCUT2D eigenvalue weighted by Gasteiger charge is 2.51. The predicted molar refractivity (Wildman–Crippen MR) is 103 cm³/mol. The van der Waals surface area contributed by atoms with Crippen molar-refractivity contribution in [2.75, 3.05) is 27.2 Å². The van der Waals surface area contributed by atoms with Gasteiger partial charge in [0.05, 0.1) is 5.60 Å². The zero-order chi connectivity index (χ0) is 18.4. The molecular weight excluding hydrogens is 324 g/mol. The smallest absolute Gasteiger partial charge is 0.223 e. The van der Waals surface area contributed by atoms with Crippen LogP contribution in [0, 0.1) is 5.41 Å². The number of carbonyl (C=O) groups is 1. The van der Waals surface area contributed by atoms with Gasteiger partial charge in [0.1, 0.15) is 0 Å². The average molecular weight is 357 g/mol. The molecule has 0 bridgehead atoms. The number of rotatable bonds is 4. The Hall–Kier alpha value is -1.39. The fourth-order valence-electron chi connectivity index (χ4n) is 5.50. The zero-order valence-electron chi connectivity index (χ0n) is 16.2. The van der Waals surface area contributed by atoms with Gasteiger partial charge in [0.25, 0.3) is 0 Å². The Morgan fingerprint density at radius 2 is 1.69 bits per heavy atom. The average Bonchev–Trinajstić information content (AvgIpc) is 2.90. The van der Waals surface area contributed by atoms with Crippen LogP contribution in [-0.2, 0) is 10.3 Å². The van der Waals surface area contributed by atoms with E-state index >= 15 is 0 Å². The van der Waals surface area contributed by atoms with Crippen LogP contribution in [0.3, 0.4) is 0 Å². The molecule has 4 rings (SSSR count). The second kappa shape index (κ2) is 6.35. The monoisotopic (exact) mass is 356 g/mol. The van der Waals surface area contributed by atoms with E-state index in [-0.39, 0.29) is 16.9 Å². The first kappa shape index (κ1) is 18.0. The van der Waals surface area contributed by atoms with E-state index in [1.165, 1.54) is 5.56 Å². The van der Waals surface area contributed by atoms with E-state index in [4.69, 9.17) is 0 Å². The topological polar surface area (TPSA) is 43.8 Å². The summed E-state index contributed by atoms with van der Waals surface area (Å²) in [7, 11) is 4.37. The Morgan fingerprint density at radius 1 is 1.04 bits per heavy atom. The fourth-order valence-corrected chi connectivity index (χ4v) is 5.50. The molecule has 4 heteroatoms. The Kier molecular flexibility index (Phi) is 4.39. The molecule has 26 heavy (non-hydrogen) atoms. The van der Waals surface area contributed by atoms with E-state index in [0.29, 0.717) is 13.0 Å². The highest BCUT2D eigenvalue weighted by atomic mass is 16.3. The van der Waals surface area contributed by atoms with Gasteiger partial charge < -0.3 is 10.0 Å². The van der Waals surface area contributed by atoms with E-state index < -0.39 is 5.60 Å². The predicted octanol–water partition coefficient (Wildman–Crippen LogP) is 3.15. The second-order valence-electron chi connectivity index (χ2n) is 9.30. The molecule has 4 nitrogen and oxygen atoms in total. The minimum Gasteiger partial charge on any atom is -0.388 e. The van der Waals surface area contributed by atoms with Crippen LogP contribution in [0.25, 0.3) is 0 Å². The number of β-amino-alcohol motifs (C(OH)–C–C–N with tert-alkyl or cyclic N) is 1. The Labute approximate surface area is 157 Å². The molecule has 0 radical (unpaired) electrons. The molecule has 3 fully saturated rings. The standard InChI is InChI=1S/C22H32N2O2/c1-23(2)22(18-7-4-3-5-8-18)13-11-20(12-14-22)15-19(25)24(16-20)17-21(26)9-6-10-21/h3-5,7-8,26H,6,9-17H2,1-2H3. The molecule has 142 valence electrons. The maximum Gasteiger partial charge on any atom is 0.223 e. The molecule has 1 N–H and O–H groups in total. The Bertz CT molecular complexity index is 658. The minimum absolute atomic E-state index is 0.0785. The van der Waals surface area contributed by atoms with Crippen LogP contribution in [0.4, 0.5) is 0 Å². The van der Waals surface area contributed by atoms with Crippen LogP contribution in [0.2, 0.25) is 0 Å². The van der Waals surface area contributed by atoms with Crippen molar-refractivity contribution in [3.63, 3.8) is 0 Å². The number of amides is 1. The molecule has 1 aromatic carbocycles. The van der Waals surface area contributed by atoms with E-state index in [1.807, 2.05) is 4.90 Å². The summed E-state index contributed by atoms with van der Waals surface area (Å²) in [5.74, 6) is 0.252. The molecule has 1 amide bonds. The summed E-state index contributed by atoms with van der Waals surface area (Å²) in [6.07, 6.45) is 7.81. The normalized spacial score (nSPS) is 33.7. The molecule has 1 saturated heterocycles. The Balaban J connectivity index is 1.48. The Morgan fingerprint density at radius 3 is 2.23 bits per heavy atom. The summed E-state index contributed by atoms with van der Waals surface area (Å²) in [5.41, 5.74) is 0.985.